The summed E-state index contributed by atoms with van der Waals surface area (Å²) in [5, 5.41) is 7.51. The molecule has 0 radical (unpaired) electrons. The molecule has 144 valence electrons. The second kappa shape index (κ2) is 8.66. The molecule has 28 heavy (non-hydrogen) atoms. The van der Waals surface area contributed by atoms with Crippen LogP contribution in [0.15, 0.2) is 59.1 Å². The van der Waals surface area contributed by atoms with E-state index in [1.807, 2.05) is 54.6 Å². The lowest BCUT2D eigenvalue weighted by atomic mass is 10.2. The smallest absolute Gasteiger partial charge is 0.362 e. The first-order valence-electron chi connectivity index (χ1n) is 8.36. The van der Waals surface area contributed by atoms with Crippen LogP contribution in [0.2, 0.25) is 0 Å². The van der Waals surface area contributed by atoms with Crippen LogP contribution in [-0.4, -0.2) is 34.0 Å². The van der Waals surface area contributed by atoms with E-state index < -0.39 is 5.97 Å². The third kappa shape index (κ3) is 4.37. The van der Waals surface area contributed by atoms with E-state index in [1.54, 1.807) is 4.90 Å². The molecule has 2 aromatic carbocycles. The molecule has 0 aliphatic heterocycles. The maximum Gasteiger partial charge on any atom is 0.362 e. The summed E-state index contributed by atoms with van der Waals surface area (Å²) < 4.78 is 6.70. The van der Waals surface area contributed by atoms with Gasteiger partial charge in [-0.2, -0.15) is 0 Å². The van der Waals surface area contributed by atoms with E-state index in [-0.39, 0.29) is 24.0 Å². The second-order valence-corrected chi connectivity index (χ2v) is 6.83. The lowest BCUT2D eigenvalue weighted by molar-refractivity contribution is -0.119. The summed E-state index contributed by atoms with van der Waals surface area (Å²) in [4.78, 5) is 26.3. The summed E-state index contributed by atoms with van der Waals surface area (Å²) in [5.74, 6) is -0.972. The summed E-state index contributed by atoms with van der Waals surface area (Å²) >= 11 is 3.40. The fraction of sp³-hybridized carbons (Fsp3) is 0.158. The van der Waals surface area contributed by atoms with Crippen LogP contribution in [0.3, 0.4) is 0 Å². The highest BCUT2D eigenvalue weighted by molar-refractivity contribution is 9.10. The van der Waals surface area contributed by atoms with Crippen LogP contribution in [-0.2, 0) is 22.6 Å². The number of methoxy groups -OCH3 is 1. The largest absolute Gasteiger partial charge is 0.464 e. The highest BCUT2D eigenvalue weighted by atomic mass is 79.9. The Morgan fingerprint density at radius 1 is 1.14 bits per heavy atom. The fourth-order valence-corrected chi connectivity index (χ4v) is 2.87. The molecule has 3 rings (SSSR count). The number of carbonyl (C=O) groups excluding carboxylic acids is 2. The number of ether oxygens (including phenoxy) is 1. The van der Waals surface area contributed by atoms with Crippen LogP contribution < -0.4 is 10.6 Å². The summed E-state index contributed by atoms with van der Waals surface area (Å²) in [6.45, 7) is 0.207. The van der Waals surface area contributed by atoms with Gasteiger partial charge in [0.15, 0.2) is 5.82 Å². The van der Waals surface area contributed by atoms with Gasteiger partial charge in [0.05, 0.1) is 13.7 Å². The summed E-state index contributed by atoms with van der Waals surface area (Å²) in [6.07, 6.45) is 0. The van der Waals surface area contributed by atoms with Gasteiger partial charge in [-0.15, -0.1) is 5.10 Å². The highest BCUT2D eigenvalue weighted by Gasteiger charge is 2.22. The predicted octanol–water partition coefficient (Wildman–Crippen LogP) is 2.64. The van der Waals surface area contributed by atoms with Gasteiger partial charge < -0.3 is 15.4 Å². The van der Waals surface area contributed by atoms with Crippen LogP contribution in [0.25, 0.3) is 0 Å². The van der Waals surface area contributed by atoms with Crippen molar-refractivity contribution in [1.29, 1.82) is 0 Å². The molecule has 0 spiro atoms. The van der Waals surface area contributed by atoms with Crippen molar-refractivity contribution in [2.24, 2.45) is 0 Å². The Bertz CT molecular complexity index is 973. The number of esters is 1. The quantitative estimate of drug-likeness (QED) is 0.587. The van der Waals surface area contributed by atoms with Gasteiger partial charge in [-0.3, -0.25) is 4.79 Å². The molecule has 9 heteroatoms. The molecule has 3 aromatic rings. The van der Waals surface area contributed by atoms with Crippen molar-refractivity contribution in [3.63, 3.8) is 0 Å². The van der Waals surface area contributed by atoms with Crippen molar-refractivity contribution < 1.29 is 14.3 Å². The zero-order valence-electron chi connectivity index (χ0n) is 15.1. The zero-order chi connectivity index (χ0) is 20.1. The summed E-state index contributed by atoms with van der Waals surface area (Å²) in [6, 6.07) is 17.0. The van der Waals surface area contributed by atoms with E-state index in [4.69, 9.17) is 5.73 Å². The lowest BCUT2D eigenvalue weighted by Gasteiger charge is -2.23. The van der Waals surface area contributed by atoms with Crippen molar-refractivity contribution in [1.82, 2.24) is 15.0 Å². The van der Waals surface area contributed by atoms with E-state index in [9.17, 15) is 9.59 Å². The first-order chi connectivity index (χ1) is 13.5. The number of nitrogens with two attached hydrogens (primary N) is 1. The van der Waals surface area contributed by atoms with Gasteiger partial charge in [-0.25, -0.2) is 9.48 Å². The van der Waals surface area contributed by atoms with Gasteiger partial charge in [0.2, 0.25) is 11.6 Å². The molecule has 0 bridgehead atoms. The van der Waals surface area contributed by atoms with Crippen LogP contribution in [0, 0.1) is 0 Å². The second-order valence-electron chi connectivity index (χ2n) is 5.91. The molecule has 0 fully saturated rings. The van der Waals surface area contributed by atoms with Gasteiger partial charge >= 0.3 is 5.97 Å². The first-order valence-corrected chi connectivity index (χ1v) is 9.16. The van der Waals surface area contributed by atoms with Gasteiger partial charge in [0.1, 0.15) is 6.54 Å². The number of hydrogen-bond acceptors (Lipinski definition) is 6. The van der Waals surface area contributed by atoms with Gasteiger partial charge in [-0.1, -0.05) is 51.5 Å². The number of nitrogens with zero attached hydrogens (tertiary/aromatic N) is 4. The Labute approximate surface area is 170 Å². The molecule has 0 atom stereocenters. The van der Waals surface area contributed by atoms with Crippen LogP contribution >= 0.6 is 15.9 Å². The molecule has 1 aromatic heterocycles. The average molecular weight is 444 g/mol. The Morgan fingerprint density at radius 2 is 1.82 bits per heavy atom. The van der Waals surface area contributed by atoms with E-state index in [0.717, 1.165) is 15.7 Å². The number of benzene rings is 2. The van der Waals surface area contributed by atoms with Crippen LogP contribution in [0.1, 0.15) is 16.1 Å². The zero-order valence-corrected chi connectivity index (χ0v) is 16.7. The number of aromatic nitrogens is 3. The molecule has 8 nitrogen and oxygen atoms in total. The molecule has 0 saturated carbocycles. The molecule has 0 saturated heterocycles. The number of nitrogen functional groups attached to an aromatic ring is 1. The Balaban J connectivity index is 1.87. The van der Waals surface area contributed by atoms with Gasteiger partial charge in [-0.05, 0) is 29.8 Å². The molecule has 0 unspecified atom stereocenters. The van der Waals surface area contributed by atoms with Crippen molar-refractivity contribution >= 4 is 39.3 Å². The normalized spacial score (nSPS) is 10.5. The van der Waals surface area contributed by atoms with Crippen molar-refractivity contribution in [2.45, 2.75) is 13.1 Å². The minimum atomic E-state index is -0.703. The first kappa shape index (κ1) is 19.6. The number of rotatable bonds is 6. The molecule has 1 amide bonds. The number of anilines is 2. The maximum absolute atomic E-state index is 13.1. The average Bonchev–Trinajstić information content (AvgIpc) is 3.07. The highest BCUT2D eigenvalue weighted by Crippen LogP contribution is 2.21. The van der Waals surface area contributed by atoms with Gasteiger partial charge in [0, 0.05) is 10.2 Å². The fourth-order valence-electron chi connectivity index (χ4n) is 2.60. The Morgan fingerprint density at radius 3 is 2.46 bits per heavy atom. The molecule has 0 aliphatic carbocycles. The van der Waals surface area contributed by atoms with Crippen molar-refractivity contribution in [3.05, 3.63) is 70.3 Å². The minimum Gasteiger partial charge on any atom is -0.464 e. The van der Waals surface area contributed by atoms with E-state index in [0.29, 0.717) is 6.54 Å². The van der Waals surface area contributed by atoms with E-state index >= 15 is 0 Å². The minimum absolute atomic E-state index is 0.0179. The van der Waals surface area contributed by atoms with Crippen LogP contribution in [0.5, 0.6) is 0 Å². The third-order valence-corrected chi connectivity index (χ3v) is 4.59. The third-order valence-electron chi connectivity index (χ3n) is 4.06. The number of carbonyl (C=O) groups is 2. The molecule has 2 N–H and O–H groups in total. The number of hydrogen-bond donors (Lipinski definition) is 1. The summed E-state index contributed by atoms with van der Waals surface area (Å²) in [7, 11) is 1.22. The molecule has 0 aliphatic rings. The van der Waals surface area contributed by atoms with E-state index in [1.165, 1.54) is 11.8 Å². The Kier molecular flexibility index (Phi) is 6.05. The predicted molar refractivity (Wildman–Crippen MR) is 108 cm³/mol. The molecule has 1 heterocycles. The Hall–Kier alpha value is -3.20. The standard InChI is InChI=1S/C19H18BrN5O3/c1-28-19(27)17-18(21)25(23-22-17)12-16(26)24(11-13-5-3-2-4-6-13)15-9-7-14(20)8-10-15/h2-10H,11-12,21H2,1H3. The van der Waals surface area contributed by atoms with E-state index in [2.05, 4.69) is 31.0 Å². The van der Waals surface area contributed by atoms with Crippen molar-refractivity contribution in [2.75, 3.05) is 17.7 Å². The van der Waals surface area contributed by atoms with Crippen molar-refractivity contribution in [3.8, 4) is 0 Å². The maximum atomic E-state index is 13.1. The SMILES string of the molecule is COC(=O)c1nnn(CC(=O)N(Cc2ccccc2)c2ccc(Br)cc2)c1N. The number of halogens is 1. The molecular weight excluding hydrogens is 426 g/mol. The van der Waals surface area contributed by atoms with Crippen LogP contribution in [0.4, 0.5) is 11.5 Å². The van der Waals surface area contributed by atoms with Gasteiger partial charge in [0.25, 0.3) is 0 Å². The number of amides is 1. The summed E-state index contributed by atoms with van der Waals surface area (Å²) in [5.41, 5.74) is 7.48. The topological polar surface area (TPSA) is 103 Å². The lowest BCUT2D eigenvalue weighted by Crippen LogP contribution is -2.34. The monoisotopic (exact) mass is 443 g/mol. The molecular formula is C19H18BrN5O3.